The molecule has 0 atom stereocenters. The summed E-state index contributed by atoms with van der Waals surface area (Å²) in [4.78, 5) is 35.9. The first-order chi connectivity index (χ1) is 12.4. The number of halogens is 1. The number of ether oxygens (including phenoxy) is 3. The molecule has 2 rings (SSSR count). The number of benzene rings is 1. The zero-order valence-electron chi connectivity index (χ0n) is 14.0. The monoisotopic (exact) mass is 381 g/mol. The van der Waals surface area contributed by atoms with Gasteiger partial charge in [-0.25, -0.2) is 14.0 Å². The average molecular weight is 381 g/mol. The Balaban J connectivity index is 2.20. The van der Waals surface area contributed by atoms with Crippen LogP contribution >= 0.6 is 11.3 Å². The highest BCUT2D eigenvalue weighted by Crippen LogP contribution is 2.33. The number of nitrogen functional groups attached to an aromatic ring is 1. The molecule has 1 heterocycles. The lowest BCUT2D eigenvalue weighted by Gasteiger charge is -2.08. The molecule has 0 unspecified atom stereocenters. The van der Waals surface area contributed by atoms with E-state index in [4.69, 9.17) is 10.5 Å². The Morgan fingerprint density at radius 1 is 1.15 bits per heavy atom. The highest BCUT2D eigenvalue weighted by atomic mass is 32.1. The van der Waals surface area contributed by atoms with E-state index < -0.39 is 23.7 Å². The van der Waals surface area contributed by atoms with E-state index >= 15 is 0 Å². The van der Waals surface area contributed by atoms with E-state index in [9.17, 15) is 18.8 Å². The summed E-state index contributed by atoms with van der Waals surface area (Å²) >= 11 is 0.836. The highest BCUT2D eigenvalue weighted by Gasteiger charge is 2.28. The maximum Gasteiger partial charge on any atom is 0.348 e. The van der Waals surface area contributed by atoms with Crippen molar-refractivity contribution in [3.63, 3.8) is 0 Å². The Morgan fingerprint density at radius 3 is 2.46 bits per heavy atom. The maximum atomic E-state index is 13.2. The number of carbonyl (C=O) groups is 3. The first-order valence-electron chi connectivity index (χ1n) is 7.35. The van der Waals surface area contributed by atoms with Crippen molar-refractivity contribution in [1.29, 1.82) is 0 Å². The van der Waals surface area contributed by atoms with Gasteiger partial charge in [0.1, 0.15) is 27.9 Å². The lowest BCUT2D eigenvalue weighted by atomic mass is 10.1. The van der Waals surface area contributed by atoms with Crippen LogP contribution in [0.15, 0.2) is 24.3 Å². The largest absolute Gasteiger partial charge is 0.465 e. The molecule has 0 aliphatic heterocycles. The molecule has 2 N–H and O–H groups in total. The van der Waals surface area contributed by atoms with Crippen molar-refractivity contribution >= 4 is 34.2 Å². The third kappa shape index (κ3) is 4.37. The van der Waals surface area contributed by atoms with E-state index in [-0.39, 0.29) is 34.0 Å². The van der Waals surface area contributed by atoms with Gasteiger partial charge in [0.15, 0.2) is 0 Å². The molecule has 1 aromatic carbocycles. The number of nitrogens with two attached hydrogens (primary N) is 1. The molecule has 0 saturated carbocycles. The van der Waals surface area contributed by atoms with Crippen LogP contribution < -0.4 is 5.73 Å². The van der Waals surface area contributed by atoms with Gasteiger partial charge in [-0.3, -0.25) is 4.79 Å². The van der Waals surface area contributed by atoms with E-state index in [1.165, 1.54) is 25.3 Å². The number of methoxy groups -OCH3 is 2. The predicted octanol–water partition coefficient (Wildman–Crippen LogP) is 2.33. The van der Waals surface area contributed by atoms with Gasteiger partial charge in [0.2, 0.25) is 0 Å². The van der Waals surface area contributed by atoms with Crippen molar-refractivity contribution in [3.8, 4) is 0 Å². The second kappa shape index (κ2) is 8.43. The molecular weight excluding hydrogens is 365 g/mol. The number of hydrogen-bond acceptors (Lipinski definition) is 8. The number of esters is 3. The molecule has 0 amide bonds. The summed E-state index contributed by atoms with van der Waals surface area (Å²) in [5.74, 6) is -2.60. The van der Waals surface area contributed by atoms with Gasteiger partial charge in [0.25, 0.3) is 0 Å². The fourth-order valence-corrected chi connectivity index (χ4v) is 3.20. The summed E-state index contributed by atoms with van der Waals surface area (Å²) in [5.41, 5.74) is 6.28. The Morgan fingerprint density at radius 2 is 1.85 bits per heavy atom. The number of rotatable bonds is 6. The molecule has 7 nitrogen and oxygen atoms in total. The standard InChI is InChI=1S/C17H16FNO6S/c1-23-16(21)13-11(14(17(22)24-2)26-15(13)19)8-25-12(20)7-9-4-3-5-10(18)6-9/h3-6H,7-8,19H2,1-2H3. The summed E-state index contributed by atoms with van der Waals surface area (Å²) in [6, 6.07) is 5.52. The van der Waals surface area contributed by atoms with Gasteiger partial charge in [-0.1, -0.05) is 12.1 Å². The van der Waals surface area contributed by atoms with Crippen LogP contribution in [0.3, 0.4) is 0 Å². The molecule has 0 saturated heterocycles. The van der Waals surface area contributed by atoms with Gasteiger partial charge in [-0.15, -0.1) is 11.3 Å². The molecule has 26 heavy (non-hydrogen) atoms. The summed E-state index contributed by atoms with van der Waals surface area (Å²) < 4.78 is 27.6. The minimum atomic E-state index is -0.759. The summed E-state index contributed by atoms with van der Waals surface area (Å²) in [7, 11) is 2.34. The maximum absolute atomic E-state index is 13.2. The molecule has 9 heteroatoms. The Hall–Kier alpha value is -2.94. The van der Waals surface area contributed by atoms with Crippen LogP contribution in [0.1, 0.15) is 31.2 Å². The predicted molar refractivity (Wildman–Crippen MR) is 91.3 cm³/mol. The van der Waals surface area contributed by atoms with Crippen molar-refractivity contribution in [2.24, 2.45) is 0 Å². The first kappa shape index (κ1) is 19.4. The molecule has 138 valence electrons. The minimum absolute atomic E-state index is 0.0449. The van der Waals surface area contributed by atoms with Crippen LogP contribution in [-0.4, -0.2) is 32.1 Å². The van der Waals surface area contributed by atoms with Gasteiger partial charge in [-0.2, -0.15) is 0 Å². The molecule has 0 aliphatic carbocycles. The van der Waals surface area contributed by atoms with Gasteiger partial charge in [0, 0.05) is 5.56 Å². The van der Waals surface area contributed by atoms with Gasteiger partial charge < -0.3 is 19.9 Å². The second-order valence-electron chi connectivity index (χ2n) is 5.10. The van der Waals surface area contributed by atoms with Crippen molar-refractivity contribution in [3.05, 3.63) is 51.7 Å². The number of hydrogen-bond donors (Lipinski definition) is 1. The van der Waals surface area contributed by atoms with Crippen molar-refractivity contribution < 1.29 is 33.0 Å². The quantitative estimate of drug-likeness (QED) is 0.605. The van der Waals surface area contributed by atoms with Crippen molar-refractivity contribution in [2.45, 2.75) is 13.0 Å². The third-order valence-electron chi connectivity index (χ3n) is 3.41. The normalized spacial score (nSPS) is 10.3. The SMILES string of the molecule is COC(=O)c1sc(N)c(C(=O)OC)c1COC(=O)Cc1cccc(F)c1. The molecule has 0 aliphatic rings. The van der Waals surface area contributed by atoms with Crippen molar-refractivity contribution in [1.82, 2.24) is 0 Å². The van der Waals surface area contributed by atoms with E-state index in [1.807, 2.05) is 0 Å². The van der Waals surface area contributed by atoms with Gasteiger partial charge in [0.05, 0.1) is 20.6 Å². The first-order valence-corrected chi connectivity index (χ1v) is 8.16. The number of carbonyl (C=O) groups excluding carboxylic acids is 3. The van der Waals surface area contributed by atoms with E-state index in [0.717, 1.165) is 18.4 Å². The van der Waals surface area contributed by atoms with Crippen LogP contribution in [0.2, 0.25) is 0 Å². The lowest BCUT2D eigenvalue weighted by molar-refractivity contribution is -0.144. The zero-order valence-corrected chi connectivity index (χ0v) is 14.9. The highest BCUT2D eigenvalue weighted by molar-refractivity contribution is 7.18. The minimum Gasteiger partial charge on any atom is -0.465 e. The smallest absolute Gasteiger partial charge is 0.348 e. The Kier molecular flexibility index (Phi) is 6.29. The molecule has 0 bridgehead atoms. The molecule has 0 spiro atoms. The third-order valence-corrected chi connectivity index (χ3v) is 4.45. The van der Waals surface area contributed by atoms with E-state index in [0.29, 0.717) is 5.56 Å². The van der Waals surface area contributed by atoms with Crippen LogP contribution in [-0.2, 0) is 32.0 Å². The zero-order chi connectivity index (χ0) is 19.3. The number of thiophene rings is 1. The average Bonchev–Trinajstić information content (AvgIpc) is 2.95. The fraction of sp³-hybridized carbons (Fsp3) is 0.235. The van der Waals surface area contributed by atoms with Crippen LogP contribution in [0.4, 0.5) is 9.39 Å². The fourth-order valence-electron chi connectivity index (χ4n) is 2.22. The topological polar surface area (TPSA) is 105 Å². The summed E-state index contributed by atoms with van der Waals surface area (Å²) in [6.45, 7) is -0.378. The molecule has 2 aromatic rings. The Bertz CT molecular complexity index is 848. The molecular formula is C17H16FNO6S. The van der Waals surface area contributed by atoms with E-state index in [2.05, 4.69) is 9.47 Å². The summed E-state index contributed by atoms with van der Waals surface area (Å²) in [5, 5.41) is 0.0495. The van der Waals surface area contributed by atoms with Crippen LogP contribution in [0.5, 0.6) is 0 Å². The number of anilines is 1. The van der Waals surface area contributed by atoms with Crippen LogP contribution in [0, 0.1) is 5.82 Å². The van der Waals surface area contributed by atoms with Gasteiger partial charge >= 0.3 is 17.9 Å². The van der Waals surface area contributed by atoms with Gasteiger partial charge in [-0.05, 0) is 17.7 Å². The molecule has 0 radical (unpaired) electrons. The van der Waals surface area contributed by atoms with Crippen LogP contribution in [0.25, 0.3) is 0 Å². The second-order valence-corrected chi connectivity index (χ2v) is 6.15. The Labute approximate surface area is 152 Å². The summed E-state index contributed by atoms with van der Waals surface area (Å²) in [6.07, 6.45) is -0.168. The lowest BCUT2D eigenvalue weighted by Crippen LogP contribution is -2.13. The van der Waals surface area contributed by atoms with E-state index in [1.54, 1.807) is 6.07 Å². The molecule has 1 aromatic heterocycles. The van der Waals surface area contributed by atoms with Crippen molar-refractivity contribution in [2.75, 3.05) is 20.0 Å². The molecule has 0 fully saturated rings.